The first-order valence-electron chi connectivity index (χ1n) is 6.49. The lowest BCUT2D eigenvalue weighted by Crippen LogP contribution is -2.10. The van der Waals surface area contributed by atoms with Crippen LogP contribution in [-0.4, -0.2) is 24.9 Å². The smallest absolute Gasteiger partial charge is 0.122 e. The molecule has 0 aliphatic carbocycles. The number of ether oxygens (including phenoxy) is 2. The summed E-state index contributed by atoms with van der Waals surface area (Å²) >= 11 is 3.38. The maximum absolute atomic E-state index is 9.00. The van der Waals surface area contributed by atoms with Crippen molar-refractivity contribution in [3.63, 3.8) is 0 Å². The fourth-order valence-electron chi connectivity index (χ4n) is 1.81. The van der Waals surface area contributed by atoms with Crippen LogP contribution in [-0.2, 0) is 6.42 Å². The van der Waals surface area contributed by atoms with Crippen molar-refractivity contribution in [3.05, 3.63) is 58.6 Å². The number of hydrogen-bond acceptors (Lipinski definition) is 3. The van der Waals surface area contributed by atoms with Crippen LogP contribution in [0.4, 0.5) is 0 Å². The molecule has 0 unspecified atom stereocenters. The molecule has 0 amide bonds. The van der Waals surface area contributed by atoms with E-state index in [9.17, 15) is 0 Å². The van der Waals surface area contributed by atoms with Gasteiger partial charge in [-0.3, -0.25) is 0 Å². The molecule has 20 heavy (non-hydrogen) atoms. The molecule has 2 rings (SSSR count). The van der Waals surface area contributed by atoms with Crippen LogP contribution in [0, 0.1) is 0 Å². The Kier molecular flexibility index (Phi) is 5.89. The molecule has 0 aliphatic heterocycles. The molecule has 0 aromatic heterocycles. The van der Waals surface area contributed by atoms with Gasteiger partial charge in [0.15, 0.2) is 0 Å². The summed E-state index contributed by atoms with van der Waals surface area (Å²) in [6, 6.07) is 15.4. The van der Waals surface area contributed by atoms with Crippen molar-refractivity contribution in [1.82, 2.24) is 0 Å². The summed E-state index contributed by atoms with van der Waals surface area (Å²) in [6.45, 7) is 1.07. The number of aliphatic hydroxyl groups excluding tert-OH is 1. The minimum Gasteiger partial charge on any atom is -0.490 e. The predicted octanol–water partition coefficient (Wildman–Crippen LogP) is 3.44. The van der Waals surface area contributed by atoms with Crippen molar-refractivity contribution in [1.29, 1.82) is 0 Å². The molecular weight excluding hydrogens is 320 g/mol. The Morgan fingerprint density at radius 1 is 0.900 bits per heavy atom. The van der Waals surface area contributed by atoms with E-state index in [0.29, 0.717) is 19.6 Å². The van der Waals surface area contributed by atoms with Crippen LogP contribution in [0.5, 0.6) is 11.5 Å². The fraction of sp³-hybridized carbons (Fsp3) is 0.250. The van der Waals surface area contributed by atoms with E-state index in [1.54, 1.807) is 0 Å². The van der Waals surface area contributed by atoms with Gasteiger partial charge in [-0.15, -0.1) is 0 Å². The Hall–Kier alpha value is -1.52. The van der Waals surface area contributed by atoms with E-state index >= 15 is 0 Å². The lowest BCUT2D eigenvalue weighted by atomic mass is 10.1. The van der Waals surface area contributed by atoms with Crippen molar-refractivity contribution < 1.29 is 14.6 Å². The number of hydrogen-bond donors (Lipinski definition) is 1. The molecule has 2 aromatic carbocycles. The van der Waals surface area contributed by atoms with Gasteiger partial charge in [0.25, 0.3) is 0 Å². The van der Waals surface area contributed by atoms with Gasteiger partial charge in [-0.25, -0.2) is 0 Å². The van der Waals surface area contributed by atoms with Gasteiger partial charge in [-0.05, 0) is 42.3 Å². The Morgan fingerprint density at radius 3 is 2.35 bits per heavy atom. The van der Waals surface area contributed by atoms with E-state index < -0.39 is 0 Å². The van der Waals surface area contributed by atoms with E-state index in [0.717, 1.165) is 21.5 Å². The normalized spacial score (nSPS) is 10.3. The van der Waals surface area contributed by atoms with Crippen molar-refractivity contribution in [2.45, 2.75) is 6.42 Å². The second-order valence-electron chi connectivity index (χ2n) is 4.23. The summed E-state index contributed by atoms with van der Waals surface area (Å²) in [4.78, 5) is 0. The van der Waals surface area contributed by atoms with E-state index in [-0.39, 0.29) is 6.61 Å². The lowest BCUT2D eigenvalue weighted by Gasteiger charge is -2.11. The standard InChI is InChI=1S/C16H17BrO3/c17-14-5-7-15(8-6-14)19-11-12-20-16-4-2-1-3-13(16)9-10-18/h1-8,18H,9-12H2. The average Bonchev–Trinajstić information content (AvgIpc) is 2.47. The van der Waals surface area contributed by atoms with E-state index in [4.69, 9.17) is 14.6 Å². The molecule has 0 saturated heterocycles. The van der Waals surface area contributed by atoms with Crippen molar-refractivity contribution in [2.75, 3.05) is 19.8 Å². The summed E-state index contributed by atoms with van der Waals surface area (Å²) < 4.78 is 12.3. The zero-order valence-corrected chi connectivity index (χ0v) is 12.7. The zero-order valence-electron chi connectivity index (χ0n) is 11.1. The number of aliphatic hydroxyl groups is 1. The van der Waals surface area contributed by atoms with Crippen LogP contribution < -0.4 is 9.47 Å². The lowest BCUT2D eigenvalue weighted by molar-refractivity contribution is 0.214. The number of benzene rings is 2. The highest BCUT2D eigenvalue weighted by Crippen LogP contribution is 2.19. The Balaban J connectivity index is 1.79. The molecule has 0 saturated carbocycles. The molecule has 0 aliphatic rings. The Bertz CT molecular complexity index is 526. The van der Waals surface area contributed by atoms with Crippen LogP contribution in [0.2, 0.25) is 0 Å². The first-order valence-corrected chi connectivity index (χ1v) is 7.29. The molecule has 2 aromatic rings. The van der Waals surface area contributed by atoms with Crippen molar-refractivity contribution in [3.8, 4) is 11.5 Å². The Morgan fingerprint density at radius 2 is 1.60 bits per heavy atom. The summed E-state index contributed by atoms with van der Waals surface area (Å²) in [5.74, 6) is 1.63. The van der Waals surface area contributed by atoms with Gasteiger partial charge in [-0.2, -0.15) is 0 Å². The first-order chi connectivity index (χ1) is 9.79. The molecule has 0 fully saturated rings. The second-order valence-corrected chi connectivity index (χ2v) is 5.15. The third-order valence-electron chi connectivity index (χ3n) is 2.78. The van der Waals surface area contributed by atoms with Gasteiger partial charge in [0.2, 0.25) is 0 Å². The molecule has 0 spiro atoms. The van der Waals surface area contributed by atoms with Gasteiger partial charge < -0.3 is 14.6 Å². The molecular formula is C16H17BrO3. The molecule has 0 heterocycles. The highest BCUT2D eigenvalue weighted by Gasteiger charge is 2.02. The first kappa shape index (κ1) is 14.9. The van der Waals surface area contributed by atoms with Crippen molar-refractivity contribution >= 4 is 15.9 Å². The van der Waals surface area contributed by atoms with Crippen molar-refractivity contribution in [2.24, 2.45) is 0 Å². The van der Waals surface area contributed by atoms with Gasteiger partial charge in [0.05, 0.1) is 0 Å². The van der Waals surface area contributed by atoms with Gasteiger partial charge in [-0.1, -0.05) is 34.1 Å². The Labute approximate surface area is 127 Å². The van der Waals surface area contributed by atoms with E-state index in [2.05, 4.69) is 15.9 Å². The topological polar surface area (TPSA) is 38.7 Å². The summed E-state index contributed by atoms with van der Waals surface area (Å²) in [6.07, 6.45) is 0.601. The minimum absolute atomic E-state index is 0.121. The molecule has 0 atom stereocenters. The maximum atomic E-state index is 9.00. The average molecular weight is 337 g/mol. The van der Waals surface area contributed by atoms with Crippen LogP contribution in [0.15, 0.2) is 53.0 Å². The fourth-order valence-corrected chi connectivity index (χ4v) is 2.08. The van der Waals surface area contributed by atoms with Gasteiger partial charge in [0, 0.05) is 11.1 Å². The molecule has 3 nitrogen and oxygen atoms in total. The molecule has 4 heteroatoms. The number of para-hydroxylation sites is 1. The third-order valence-corrected chi connectivity index (χ3v) is 3.31. The summed E-state index contributed by atoms with van der Waals surface area (Å²) in [5.41, 5.74) is 1.01. The predicted molar refractivity (Wildman–Crippen MR) is 82.4 cm³/mol. The summed E-state index contributed by atoms with van der Waals surface area (Å²) in [5, 5.41) is 9.00. The minimum atomic E-state index is 0.121. The number of rotatable bonds is 7. The monoisotopic (exact) mass is 336 g/mol. The molecule has 0 radical (unpaired) electrons. The van der Waals surface area contributed by atoms with Gasteiger partial charge in [0.1, 0.15) is 24.7 Å². The third kappa shape index (κ3) is 4.54. The largest absolute Gasteiger partial charge is 0.490 e. The highest BCUT2D eigenvalue weighted by atomic mass is 79.9. The molecule has 1 N–H and O–H groups in total. The second kappa shape index (κ2) is 7.92. The SMILES string of the molecule is OCCc1ccccc1OCCOc1ccc(Br)cc1. The van der Waals surface area contributed by atoms with Crippen LogP contribution in [0.25, 0.3) is 0 Å². The van der Waals surface area contributed by atoms with Crippen LogP contribution in [0.1, 0.15) is 5.56 Å². The maximum Gasteiger partial charge on any atom is 0.122 e. The van der Waals surface area contributed by atoms with Gasteiger partial charge >= 0.3 is 0 Å². The summed E-state index contributed by atoms with van der Waals surface area (Å²) in [7, 11) is 0. The molecule has 0 bridgehead atoms. The van der Waals surface area contributed by atoms with Crippen LogP contribution >= 0.6 is 15.9 Å². The van der Waals surface area contributed by atoms with Crippen LogP contribution in [0.3, 0.4) is 0 Å². The zero-order chi connectivity index (χ0) is 14.2. The number of halogens is 1. The quantitative estimate of drug-likeness (QED) is 0.787. The van der Waals surface area contributed by atoms with E-state index in [1.807, 2.05) is 48.5 Å². The highest BCUT2D eigenvalue weighted by molar-refractivity contribution is 9.10. The molecule has 106 valence electrons. The van der Waals surface area contributed by atoms with E-state index in [1.165, 1.54) is 0 Å².